The van der Waals surface area contributed by atoms with E-state index in [-0.39, 0.29) is 12.0 Å². The predicted octanol–water partition coefficient (Wildman–Crippen LogP) is 2.30. The van der Waals surface area contributed by atoms with E-state index in [0.717, 1.165) is 5.56 Å². The van der Waals surface area contributed by atoms with E-state index in [0.29, 0.717) is 38.3 Å². The average molecular weight is 415 g/mol. The van der Waals surface area contributed by atoms with Gasteiger partial charge in [-0.3, -0.25) is 4.79 Å². The molecule has 9 heteroatoms. The summed E-state index contributed by atoms with van der Waals surface area (Å²) < 4.78 is 12.7. The maximum absolute atomic E-state index is 12.9. The number of piperidine rings is 1. The van der Waals surface area contributed by atoms with Crippen molar-refractivity contribution in [3.63, 3.8) is 0 Å². The lowest BCUT2D eigenvalue weighted by Gasteiger charge is -2.39. The summed E-state index contributed by atoms with van der Waals surface area (Å²) in [6.07, 6.45) is 5.66. The van der Waals surface area contributed by atoms with Gasteiger partial charge in [0.15, 0.2) is 5.82 Å². The Morgan fingerprint density at radius 3 is 2.50 bits per heavy atom. The molecular weight excluding hydrogens is 386 g/mol. The van der Waals surface area contributed by atoms with E-state index in [1.807, 2.05) is 45.2 Å². The number of carbonyl (C=O) groups excluding carboxylic acids is 2. The van der Waals surface area contributed by atoms with Crippen LogP contribution in [-0.4, -0.2) is 63.1 Å². The molecule has 162 valence electrons. The van der Waals surface area contributed by atoms with Gasteiger partial charge in [-0.2, -0.15) is 5.10 Å². The number of ether oxygens (including phenoxy) is 2. The first-order valence-electron chi connectivity index (χ1n) is 9.99. The Morgan fingerprint density at radius 1 is 1.23 bits per heavy atom. The number of likely N-dealkylation sites (tertiary alicyclic amines) is 1. The second kappa shape index (κ2) is 8.83. The summed E-state index contributed by atoms with van der Waals surface area (Å²) in [5, 5.41) is 7.08. The Balaban J connectivity index is 1.54. The van der Waals surface area contributed by atoms with E-state index in [1.165, 1.54) is 7.11 Å². The zero-order chi connectivity index (χ0) is 21.8. The lowest BCUT2D eigenvalue weighted by molar-refractivity contribution is -0.149. The van der Waals surface area contributed by atoms with E-state index >= 15 is 0 Å². The number of carbonyl (C=O) groups is 2. The average Bonchev–Trinajstić information content (AvgIpc) is 3.26. The van der Waals surface area contributed by atoms with Crippen LogP contribution < -0.4 is 5.32 Å². The number of nitrogens with zero attached hydrogens (tertiary/aromatic N) is 4. The first-order valence-corrected chi connectivity index (χ1v) is 9.99. The number of methoxy groups -OCH3 is 1. The molecule has 30 heavy (non-hydrogen) atoms. The number of aromatic nitrogens is 3. The van der Waals surface area contributed by atoms with Crippen LogP contribution in [0.3, 0.4) is 0 Å². The topological polar surface area (TPSA) is 98.6 Å². The van der Waals surface area contributed by atoms with Crippen LogP contribution in [-0.2, 0) is 20.8 Å². The Bertz CT molecular complexity index is 851. The molecule has 1 saturated heterocycles. The fourth-order valence-electron chi connectivity index (χ4n) is 3.31. The monoisotopic (exact) mass is 415 g/mol. The number of pyridine rings is 1. The van der Waals surface area contributed by atoms with Crippen LogP contribution in [0.15, 0.2) is 36.8 Å². The van der Waals surface area contributed by atoms with Gasteiger partial charge in [0.25, 0.3) is 5.91 Å². The van der Waals surface area contributed by atoms with Crippen molar-refractivity contribution in [3.8, 4) is 5.82 Å². The summed E-state index contributed by atoms with van der Waals surface area (Å²) in [6, 6.07) is 5.57. The fraction of sp³-hybridized carbons (Fsp3) is 0.524. The molecule has 0 aliphatic carbocycles. The van der Waals surface area contributed by atoms with Gasteiger partial charge in [-0.1, -0.05) is 6.07 Å². The number of nitrogens with one attached hydrogen (secondary N) is 1. The molecule has 1 aliphatic rings. The van der Waals surface area contributed by atoms with Crippen LogP contribution in [0.4, 0.5) is 4.79 Å². The van der Waals surface area contributed by atoms with Gasteiger partial charge in [-0.05, 0) is 38.5 Å². The van der Waals surface area contributed by atoms with Crippen molar-refractivity contribution in [3.05, 3.63) is 42.4 Å². The zero-order valence-corrected chi connectivity index (χ0v) is 17.9. The Morgan fingerprint density at radius 2 is 1.97 bits per heavy atom. The van der Waals surface area contributed by atoms with Crippen molar-refractivity contribution in [1.29, 1.82) is 0 Å². The van der Waals surface area contributed by atoms with Crippen LogP contribution in [0.1, 0.15) is 39.2 Å². The number of rotatable bonds is 5. The number of hydrogen-bond acceptors (Lipinski definition) is 6. The minimum atomic E-state index is -0.957. The van der Waals surface area contributed by atoms with Gasteiger partial charge < -0.3 is 19.7 Å². The lowest BCUT2D eigenvalue weighted by Crippen LogP contribution is -2.56. The molecule has 3 heterocycles. The molecule has 2 amide bonds. The molecule has 0 saturated carbocycles. The smallest absolute Gasteiger partial charge is 0.410 e. The van der Waals surface area contributed by atoms with Crippen LogP contribution in [0, 0.1) is 0 Å². The van der Waals surface area contributed by atoms with Gasteiger partial charge in [-0.25, -0.2) is 14.5 Å². The van der Waals surface area contributed by atoms with Crippen molar-refractivity contribution >= 4 is 12.0 Å². The minimum absolute atomic E-state index is 0.190. The first kappa shape index (κ1) is 21.8. The quantitative estimate of drug-likeness (QED) is 0.805. The second-order valence-electron chi connectivity index (χ2n) is 8.32. The highest BCUT2D eigenvalue weighted by atomic mass is 16.6. The highest BCUT2D eigenvalue weighted by molar-refractivity contribution is 5.85. The molecular formula is C21H29N5O4. The van der Waals surface area contributed by atoms with E-state index < -0.39 is 11.2 Å². The normalized spacial score (nSPS) is 16.2. The summed E-state index contributed by atoms with van der Waals surface area (Å²) in [4.78, 5) is 31.1. The highest BCUT2D eigenvalue weighted by Crippen LogP contribution is 2.27. The van der Waals surface area contributed by atoms with Gasteiger partial charge in [0.2, 0.25) is 0 Å². The Labute approximate surface area is 176 Å². The molecule has 0 spiro atoms. The third-order valence-corrected chi connectivity index (χ3v) is 5.03. The van der Waals surface area contributed by atoms with Crippen molar-refractivity contribution in [2.45, 2.75) is 51.4 Å². The third-order valence-electron chi connectivity index (χ3n) is 5.03. The first-order chi connectivity index (χ1) is 14.2. The highest BCUT2D eigenvalue weighted by Gasteiger charge is 2.43. The number of hydrogen-bond donors (Lipinski definition) is 1. The molecule has 3 rings (SSSR count). The standard InChI is InChI=1S/C21H29N5O4/c1-20(2,3)30-19(28)25-12-8-21(29-4,9-13-25)18(27)23-15-16-6-7-17(22-14-16)26-11-5-10-24-26/h5-7,10-11,14H,8-9,12-13,15H2,1-4H3,(H,23,27). The molecule has 0 bridgehead atoms. The Kier molecular flexibility index (Phi) is 6.40. The maximum atomic E-state index is 12.9. The third kappa shape index (κ3) is 5.15. The maximum Gasteiger partial charge on any atom is 0.410 e. The van der Waals surface area contributed by atoms with Gasteiger partial charge in [0.05, 0.1) is 0 Å². The van der Waals surface area contributed by atoms with E-state index in [2.05, 4.69) is 15.4 Å². The van der Waals surface area contributed by atoms with Gasteiger partial charge in [-0.15, -0.1) is 0 Å². The summed E-state index contributed by atoms with van der Waals surface area (Å²) in [7, 11) is 1.53. The minimum Gasteiger partial charge on any atom is -0.444 e. The molecule has 0 radical (unpaired) electrons. The van der Waals surface area contributed by atoms with E-state index in [4.69, 9.17) is 9.47 Å². The van der Waals surface area contributed by atoms with Gasteiger partial charge in [0, 0.05) is 58.2 Å². The SMILES string of the molecule is COC1(C(=O)NCc2ccc(-n3cccn3)nc2)CCN(C(=O)OC(C)(C)C)CC1. The molecule has 2 aromatic rings. The summed E-state index contributed by atoms with van der Waals surface area (Å²) in [6.45, 7) is 6.63. The molecule has 1 N–H and O–H groups in total. The summed E-state index contributed by atoms with van der Waals surface area (Å²) >= 11 is 0. The molecule has 2 aromatic heterocycles. The zero-order valence-electron chi connectivity index (χ0n) is 17.9. The van der Waals surface area contributed by atoms with Crippen molar-refractivity contribution in [2.24, 2.45) is 0 Å². The van der Waals surface area contributed by atoms with Crippen molar-refractivity contribution in [2.75, 3.05) is 20.2 Å². The van der Waals surface area contributed by atoms with Gasteiger partial charge in [0.1, 0.15) is 11.2 Å². The van der Waals surface area contributed by atoms with E-state index in [9.17, 15) is 9.59 Å². The van der Waals surface area contributed by atoms with E-state index in [1.54, 1.807) is 22.0 Å². The number of amides is 2. The summed E-state index contributed by atoms with van der Waals surface area (Å²) in [5.74, 6) is 0.517. The molecule has 1 aliphatic heterocycles. The Hall–Kier alpha value is -2.94. The van der Waals surface area contributed by atoms with Crippen LogP contribution in [0.2, 0.25) is 0 Å². The largest absolute Gasteiger partial charge is 0.444 e. The van der Waals surface area contributed by atoms with Crippen LogP contribution >= 0.6 is 0 Å². The predicted molar refractivity (Wildman–Crippen MR) is 110 cm³/mol. The van der Waals surface area contributed by atoms with Crippen molar-refractivity contribution < 1.29 is 19.1 Å². The lowest BCUT2D eigenvalue weighted by atomic mass is 9.90. The second-order valence-corrected chi connectivity index (χ2v) is 8.32. The van der Waals surface area contributed by atoms with Crippen molar-refractivity contribution in [1.82, 2.24) is 25.0 Å². The van der Waals surface area contributed by atoms with Crippen LogP contribution in [0.5, 0.6) is 0 Å². The molecule has 0 aromatic carbocycles. The summed E-state index contributed by atoms with van der Waals surface area (Å²) in [5.41, 5.74) is -0.636. The molecule has 9 nitrogen and oxygen atoms in total. The molecule has 1 fully saturated rings. The fourth-order valence-corrected chi connectivity index (χ4v) is 3.31. The van der Waals surface area contributed by atoms with Gasteiger partial charge >= 0.3 is 6.09 Å². The molecule has 0 atom stereocenters. The van der Waals surface area contributed by atoms with Crippen LogP contribution in [0.25, 0.3) is 5.82 Å². The molecule has 0 unspecified atom stereocenters.